The topological polar surface area (TPSA) is 76.7 Å². The molecule has 1 rings (SSSR count). The highest BCUT2D eigenvalue weighted by atomic mass is 19.4. The van der Waals surface area contributed by atoms with Crippen molar-refractivity contribution < 1.29 is 32.2 Å². The molecule has 0 saturated heterocycles. The maximum Gasteiger partial charge on any atom is 0.442 e. The van der Waals surface area contributed by atoms with Gasteiger partial charge in [0.05, 0.1) is 12.7 Å². The van der Waals surface area contributed by atoms with Gasteiger partial charge >= 0.3 is 23.9 Å². The number of carbonyl (C=O) groups is 2. The summed E-state index contributed by atoms with van der Waals surface area (Å²) in [5, 5.41) is 3.57. The zero-order valence-corrected chi connectivity index (χ0v) is 13.4. The fourth-order valence-electron chi connectivity index (χ4n) is 1.76. The summed E-state index contributed by atoms with van der Waals surface area (Å²) in [5.74, 6) is -1.69. The molecular formula is C15H19F3N2O4. The molecule has 0 aliphatic rings. The van der Waals surface area contributed by atoms with E-state index in [1.165, 1.54) is 45.0 Å². The van der Waals surface area contributed by atoms with Crippen LogP contribution in [0.25, 0.3) is 0 Å². The number of esters is 1. The standard InChI is InChI=1S/C15H19F3N2O4/c1-4-23-12(21)14(15(16,17)18,20-13(22)24-10(2)3)19-11-8-6-5-7-9-11/h5-10,19H,4H2,1-3H3,(H,20,22)/t14-/m0/s1. The first-order valence-electron chi connectivity index (χ1n) is 7.18. The summed E-state index contributed by atoms with van der Waals surface area (Å²) in [6.07, 6.45) is -7.26. The third-order valence-electron chi connectivity index (χ3n) is 2.74. The molecule has 0 radical (unpaired) electrons. The Labute approximate surface area is 137 Å². The van der Waals surface area contributed by atoms with Gasteiger partial charge in [0.15, 0.2) is 0 Å². The van der Waals surface area contributed by atoms with Gasteiger partial charge in [-0.15, -0.1) is 0 Å². The van der Waals surface area contributed by atoms with Crippen LogP contribution in [0.5, 0.6) is 0 Å². The van der Waals surface area contributed by atoms with Crippen LogP contribution in [0.1, 0.15) is 20.8 Å². The number of alkyl halides is 3. The lowest BCUT2D eigenvalue weighted by Gasteiger charge is -2.35. The van der Waals surface area contributed by atoms with Gasteiger partial charge in [-0.25, -0.2) is 9.59 Å². The molecule has 2 N–H and O–H groups in total. The first kappa shape index (κ1) is 19.6. The molecule has 24 heavy (non-hydrogen) atoms. The number of hydrogen-bond donors (Lipinski definition) is 2. The third-order valence-corrected chi connectivity index (χ3v) is 2.74. The van der Waals surface area contributed by atoms with Gasteiger partial charge in [-0.2, -0.15) is 13.2 Å². The summed E-state index contributed by atoms with van der Waals surface area (Å²) in [6.45, 7) is 3.98. The number of alkyl carbamates (subject to hydrolysis) is 1. The van der Waals surface area contributed by atoms with Crippen LogP contribution in [0.4, 0.5) is 23.7 Å². The van der Waals surface area contributed by atoms with Crippen LogP contribution < -0.4 is 10.6 Å². The molecule has 0 fully saturated rings. The number of ether oxygens (including phenoxy) is 2. The van der Waals surface area contributed by atoms with Gasteiger partial charge in [0.1, 0.15) is 0 Å². The van der Waals surface area contributed by atoms with Crippen LogP contribution in [0, 0.1) is 0 Å². The third kappa shape index (κ3) is 4.77. The summed E-state index contributed by atoms with van der Waals surface area (Å²) < 4.78 is 50.3. The SMILES string of the molecule is CCOC(=O)[C@@](NC(=O)OC(C)C)(Nc1ccccc1)C(F)(F)F. The van der Waals surface area contributed by atoms with E-state index >= 15 is 0 Å². The summed E-state index contributed by atoms with van der Waals surface area (Å²) in [4.78, 5) is 23.8. The first-order chi connectivity index (χ1) is 11.1. The van der Waals surface area contributed by atoms with Crippen molar-refractivity contribution in [2.24, 2.45) is 0 Å². The molecule has 0 spiro atoms. The molecular weight excluding hydrogens is 329 g/mol. The van der Waals surface area contributed by atoms with Crippen molar-refractivity contribution in [3.8, 4) is 0 Å². The van der Waals surface area contributed by atoms with Crippen molar-refractivity contribution in [3.05, 3.63) is 30.3 Å². The lowest BCUT2D eigenvalue weighted by Crippen LogP contribution is -2.69. The van der Waals surface area contributed by atoms with E-state index in [1.807, 2.05) is 5.32 Å². The van der Waals surface area contributed by atoms with Crippen LogP contribution in [0.15, 0.2) is 30.3 Å². The van der Waals surface area contributed by atoms with Crippen LogP contribution in [0.2, 0.25) is 0 Å². The Morgan fingerprint density at radius 1 is 1.17 bits per heavy atom. The Morgan fingerprint density at radius 2 is 1.75 bits per heavy atom. The lowest BCUT2D eigenvalue weighted by molar-refractivity contribution is -0.205. The van der Waals surface area contributed by atoms with E-state index in [-0.39, 0.29) is 12.3 Å². The molecule has 0 aliphatic heterocycles. The van der Waals surface area contributed by atoms with Gasteiger partial charge in [0.25, 0.3) is 0 Å². The van der Waals surface area contributed by atoms with E-state index < -0.39 is 30.0 Å². The highest BCUT2D eigenvalue weighted by molar-refractivity contribution is 5.89. The second-order valence-electron chi connectivity index (χ2n) is 5.04. The van der Waals surface area contributed by atoms with Gasteiger partial charge in [-0.05, 0) is 32.9 Å². The maximum absolute atomic E-state index is 13.7. The molecule has 0 bridgehead atoms. The van der Waals surface area contributed by atoms with Crippen molar-refractivity contribution in [1.29, 1.82) is 0 Å². The molecule has 0 unspecified atom stereocenters. The molecule has 1 amide bonds. The van der Waals surface area contributed by atoms with Crippen LogP contribution >= 0.6 is 0 Å². The fourth-order valence-corrected chi connectivity index (χ4v) is 1.76. The average Bonchev–Trinajstić information content (AvgIpc) is 2.45. The molecule has 0 heterocycles. The van der Waals surface area contributed by atoms with Gasteiger partial charge in [0, 0.05) is 5.69 Å². The Morgan fingerprint density at radius 3 is 2.21 bits per heavy atom. The van der Waals surface area contributed by atoms with E-state index in [1.54, 1.807) is 11.4 Å². The first-order valence-corrected chi connectivity index (χ1v) is 7.18. The number of carbonyl (C=O) groups excluding carboxylic acids is 2. The fraction of sp³-hybridized carbons (Fsp3) is 0.467. The van der Waals surface area contributed by atoms with Crippen molar-refractivity contribution >= 4 is 17.7 Å². The number of halogens is 3. The molecule has 1 atom stereocenters. The highest BCUT2D eigenvalue weighted by Gasteiger charge is 2.64. The summed E-state index contributed by atoms with van der Waals surface area (Å²) in [6, 6.07) is 7.16. The minimum Gasteiger partial charge on any atom is -0.463 e. The van der Waals surface area contributed by atoms with Crippen molar-refractivity contribution in [1.82, 2.24) is 5.32 Å². The van der Waals surface area contributed by atoms with Crippen molar-refractivity contribution in [2.45, 2.75) is 38.7 Å². The van der Waals surface area contributed by atoms with E-state index in [4.69, 9.17) is 0 Å². The molecule has 1 aromatic rings. The van der Waals surface area contributed by atoms with Gasteiger partial charge in [-0.1, -0.05) is 18.2 Å². The Hall–Kier alpha value is -2.45. The predicted octanol–water partition coefficient (Wildman–Crippen LogP) is 3.05. The monoisotopic (exact) mass is 348 g/mol. The molecule has 0 saturated carbocycles. The zero-order valence-electron chi connectivity index (χ0n) is 13.4. The minimum atomic E-state index is -5.19. The van der Waals surface area contributed by atoms with Crippen LogP contribution in [0.3, 0.4) is 0 Å². The van der Waals surface area contributed by atoms with E-state index in [0.717, 1.165) is 0 Å². The van der Waals surface area contributed by atoms with Crippen LogP contribution in [-0.4, -0.2) is 36.6 Å². The Kier molecular flexibility index (Phi) is 6.44. The van der Waals surface area contributed by atoms with Gasteiger partial charge in [-0.3, -0.25) is 5.32 Å². The van der Waals surface area contributed by atoms with E-state index in [9.17, 15) is 22.8 Å². The highest BCUT2D eigenvalue weighted by Crippen LogP contribution is 2.33. The number of anilines is 1. The largest absolute Gasteiger partial charge is 0.463 e. The smallest absolute Gasteiger partial charge is 0.442 e. The normalized spacial score (nSPS) is 13.8. The summed E-state index contributed by atoms with van der Waals surface area (Å²) in [5.41, 5.74) is -3.51. The molecule has 9 heteroatoms. The van der Waals surface area contributed by atoms with Crippen molar-refractivity contribution in [2.75, 3.05) is 11.9 Å². The summed E-state index contributed by atoms with van der Waals surface area (Å²) in [7, 11) is 0. The van der Waals surface area contributed by atoms with Gasteiger partial charge < -0.3 is 14.8 Å². The number of amides is 1. The maximum atomic E-state index is 13.7. The van der Waals surface area contributed by atoms with E-state index in [2.05, 4.69) is 9.47 Å². The number of hydrogen-bond acceptors (Lipinski definition) is 5. The second kappa shape index (κ2) is 7.89. The number of para-hydroxylation sites is 1. The summed E-state index contributed by atoms with van der Waals surface area (Å²) >= 11 is 0. The second-order valence-corrected chi connectivity index (χ2v) is 5.04. The number of rotatable bonds is 6. The van der Waals surface area contributed by atoms with Crippen LogP contribution in [-0.2, 0) is 14.3 Å². The quantitative estimate of drug-likeness (QED) is 0.610. The number of nitrogens with one attached hydrogen (secondary N) is 2. The average molecular weight is 348 g/mol. The Balaban J connectivity index is 3.28. The lowest BCUT2D eigenvalue weighted by atomic mass is 10.1. The number of benzene rings is 1. The van der Waals surface area contributed by atoms with Gasteiger partial charge in [0.2, 0.25) is 0 Å². The predicted molar refractivity (Wildman–Crippen MR) is 80.2 cm³/mol. The minimum absolute atomic E-state index is 0.0345. The Bertz CT molecular complexity index is 564. The molecule has 0 aliphatic carbocycles. The molecule has 0 aromatic heterocycles. The molecule has 1 aromatic carbocycles. The van der Waals surface area contributed by atoms with Crippen molar-refractivity contribution in [3.63, 3.8) is 0 Å². The molecule has 6 nitrogen and oxygen atoms in total. The zero-order chi connectivity index (χ0) is 18.4. The van der Waals surface area contributed by atoms with E-state index in [0.29, 0.717) is 0 Å². The molecule has 134 valence electrons.